The quantitative estimate of drug-likeness (QED) is 0.784. The third kappa shape index (κ3) is 4.60. The Balaban J connectivity index is 2.23. The van der Waals surface area contributed by atoms with Crippen LogP contribution < -0.4 is 15.5 Å². The van der Waals surface area contributed by atoms with Crippen molar-refractivity contribution in [1.29, 1.82) is 0 Å². The molecule has 2 rings (SSSR count). The molecule has 24 heavy (non-hydrogen) atoms. The summed E-state index contributed by atoms with van der Waals surface area (Å²) in [7, 11) is 0. The molecule has 0 amide bonds. The maximum atomic E-state index is 4.56. The van der Waals surface area contributed by atoms with Gasteiger partial charge < -0.3 is 15.5 Å². The van der Waals surface area contributed by atoms with E-state index in [4.69, 9.17) is 0 Å². The van der Waals surface area contributed by atoms with E-state index in [0.717, 1.165) is 30.3 Å². The fourth-order valence-corrected chi connectivity index (χ4v) is 2.67. The molecule has 0 aliphatic rings. The van der Waals surface area contributed by atoms with E-state index in [1.54, 1.807) is 0 Å². The highest BCUT2D eigenvalue weighted by molar-refractivity contribution is 5.65. The fourth-order valence-electron chi connectivity index (χ4n) is 2.67. The number of benzene rings is 1. The number of nitrogens with one attached hydrogen (secondary N) is 2. The number of nitrogens with zero attached hydrogens (tertiary/aromatic N) is 3. The summed E-state index contributed by atoms with van der Waals surface area (Å²) in [6.07, 6.45) is 0. The summed E-state index contributed by atoms with van der Waals surface area (Å²) in [5, 5.41) is 6.68. The lowest BCUT2D eigenvalue weighted by Crippen LogP contribution is -2.21. The number of rotatable bonds is 7. The summed E-state index contributed by atoms with van der Waals surface area (Å²) in [4.78, 5) is 11.3. The summed E-state index contributed by atoms with van der Waals surface area (Å²) in [5.74, 6) is 1.47. The van der Waals surface area contributed by atoms with Gasteiger partial charge >= 0.3 is 0 Å². The molecule has 0 spiro atoms. The summed E-state index contributed by atoms with van der Waals surface area (Å²) in [6, 6.07) is 8.76. The van der Waals surface area contributed by atoms with E-state index in [2.05, 4.69) is 78.3 Å². The molecule has 5 nitrogen and oxygen atoms in total. The maximum Gasteiger partial charge on any atom is 0.225 e. The van der Waals surface area contributed by atoms with Gasteiger partial charge in [-0.2, -0.15) is 4.98 Å². The first-order valence-corrected chi connectivity index (χ1v) is 8.67. The van der Waals surface area contributed by atoms with Crippen molar-refractivity contribution in [3.05, 3.63) is 35.5 Å². The number of anilines is 4. The molecule has 0 saturated carbocycles. The fraction of sp³-hybridized carbons (Fsp3) is 0.474. The average molecular weight is 327 g/mol. The second-order valence-electron chi connectivity index (χ2n) is 6.31. The molecule has 2 aromatic rings. The van der Waals surface area contributed by atoms with E-state index in [-0.39, 0.29) is 0 Å². The zero-order valence-corrected chi connectivity index (χ0v) is 15.6. The van der Waals surface area contributed by atoms with Crippen LogP contribution in [-0.2, 0) is 0 Å². The number of hydrogen-bond donors (Lipinski definition) is 2. The van der Waals surface area contributed by atoms with E-state index < -0.39 is 0 Å². The normalized spacial score (nSPS) is 10.8. The van der Waals surface area contributed by atoms with Crippen LogP contribution >= 0.6 is 0 Å². The third-order valence-electron chi connectivity index (χ3n) is 3.87. The predicted molar refractivity (Wildman–Crippen MR) is 104 cm³/mol. The molecule has 0 fully saturated rings. The summed E-state index contributed by atoms with van der Waals surface area (Å²) < 4.78 is 0. The maximum absolute atomic E-state index is 4.56. The van der Waals surface area contributed by atoms with Crippen molar-refractivity contribution in [2.45, 2.75) is 47.6 Å². The topological polar surface area (TPSA) is 53.1 Å². The lowest BCUT2D eigenvalue weighted by Gasteiger charge is -2.22. The van der Waals surface area contributed by atoms with Gasteiger partial charge in [0.2, 0.25) is 5.95 Å². The first kappa shape index (κ1) is 18.0. The molecule has 0 saturated heterocycles. The first-order chi connectivity index (χ1) is 11.4. The number of hydrogen-bond acceptors (Lipinski definition) is 5. The van der Waals surface area contributed by atoms with Crippen molar-refractivity contribution in [2.24, 2.45) is 0 Å². The molecule has 1 aromatic heterocycles. The molecular formula is C19H29N5. The third-order valence-corrected chi connectivity index (χ3v) is 3.87. The average Bonchev–Trinajstić information content (AvgIpc) is 2.50. The Hall–Kier alpha value is -2.30. The van der Waals surface area contributed by atoms with Gasteiger partial charge in [-0.05, 0) is 65.3 Å². The molecule has 1 heterocycles. The van der Waals surface area contributed by atoms with Crippen molar-refractivity contribution >= 4 is 23.1 Å². The molecule has 5 heteroatoms. The van der Waals surface area contributed by atoms with Crippen LogP contribution in [0.25, 0.3) is 0 Å². The van der Waals surface area contributed by atoms with Gasteiger partial charge in [-0.25, -0.2) is 4.98 Å². The number of aromatic nitrogens is 2. The SMILES string of the molecule is CCN(CC)c1ccc(Nc2cc(C)nc(NC(C)C)n2)c(C)c1. The summed E-state index contributed by atoms with van der Waals surface area (Å²) in [5.41, 5.74) is 4.46. The Morgan fingerprint density at radius 1 is 1.04 bits per heavy atom. The smallest absolute Gasteiger partial charge is 0.225 e. The Kier molecular flexibility index (Phi) is 6.01. The van der Waals surface area contributed by atoms with Crippen molar-refractivity contribution in [1.82, 2.24) is 9.97 Å². The van der Waals surface area contributed by atoms with Gasteiger partial charge in [-0.1, -0.05) is 0 Å². The molecule has 0 radical (unpaired) electrons. The van der Waals surface area contributed by atoms with Crippen molar-refractivity contribution in [2.75, 3.05) is 28.6 Å². The van der Waals surface area contributed by atoms with Crippen LogP contribution in [-0.4, -0.2) is 29.1 Å². The first-order valence-electron chi connectivity index (χ1n) is 8.67. The van der Waals surface area contributed by atoms with Crippen LogP contribution in [0.15, 0.2) is 24.3 Å². The van der Waals surface area contributed by atoms with E-state index in [0.29, 0.717) is 12.0 Å². The van der Waals surface area contributed by atoms with Crippen LogP contribution in [0, 0.1) is 13.8 Å². The van der Waals surface area contributed by atoms with E-state index in [1.165, 1.54) is 11.3 Å². The zero-order valence-electron chi connectivity index (χ0n) is 15.6. The van der Waals surface area contributed by atoms with Gasteiger partial charge in [0, 0.05) is 42.3 Å². The van der Waals surface area contributed by atoms with Crippen LogP contribution in [0.5, 0.6) is 0 Å². The standard InChI is InChI=1S/C19H29N5/c1-7-24(8-2)16-9-10-17(14(5)11-16)22-18-12-15(6)21-19(23-18)20-13(3)4/h9-13H,7-8H2,1-6H3,(H2,20,21,22,23). The Morgan fingerprint density at radius 2 is 1.75 bits per heavy atom. The van der Waals surface area contributed by atoms with Crippen LogP contribution in [0.1, 0.15) is 39.0 Å². The van der Waals surface area contributed by atoms with Crippen molar-refractivity contribution < 1.29 is 0 Å². The molecular weight excluding hydrogens is 298 g/mol. The predicted octanol–water partition coefficient (Wildman–Crippen LogP) is 4.50. The lowest BCUT2D eigenvalue weighted by atomic mass is 10.1. The largest absolute Gasteiger partial charge is 0.372 e. The van der Waals surface area contributed by atoms with E-state index in [1.807, 2.05) is 13.0 Å². The van der Waals surface area contributed by atoms with Crippen molar-refractivity contribution in [3.63, 3.8) is 0 Å². The molecule has 0 atom stereocenters. The van der Waals surface area contributed by atoms with E-state index in [9.17, 15) is 0 Å². The Morgan fingerprint density at radius 3 is 2.33 bits per heavy atom. The monoisotopic (exact) mass is 327 g/mol. The molecule has 130 valence electrons. The van der Waals surface area contributed by atoms with Gasteiger partial charge in [0.1, 0.15) is 5.82 Å². The summed E-state index contributed by atoms with van der Waals surface area (Å²) in [6.45, 7) is 14.6. The second kappa shape index (κ2) is 7.99. The van der Waals surface area contributed by atoms with E-state index >= 15 is 0 Å². The minimum atomic E-state index is 0.301. The summed E-state index contributed by atoms with van der Waals surface area (Å²) >= 11 is 0. The van der Waals surface area contributed by atoms with Gasteiger partial charge in [-0.15, -0.1) is 0 Å². The molecule has 0 unspecified atom stereocenters. The highest BCUT2D eigenvalue weighted by atomic mass is 15.2. The minimum Gasteiger partial charge on any atom is -0.372 e. The van der Waals surface area contributed by atoms with Crippen LogP contribution in [0.2, 0.25) is 0 Å². The number of aryl methyl sites for hydroxylation is 2. The molecule has 0 bridgehead atoms. The molecule has 1 aromatic carbocycles. The molecule has 2 N–H and O–H groups in total. The highest BCUT2D eigenvalue weighted by Crippen LogP contribution is 2.25. The lowest BCUT2D eigenvalue weighted by molar-refractivity contribution is 0.865. The second-order valence-corrected chi connectivity index (χ2v) is 6.31. The Bertz CT molecular complexity index is 677. The van der Waals surface area contributed by atoms with Crippen molar-refractivity contribution in [3.8, 4) is 0 Å². The van der Waals surface area contributed by atoms with Gasteiger partial charge in [0.05, 0.1) is 0 Å². The molecule has 0 aliphatic carbocycles. The van der Waals surface area contributed by atoms with Gasteiger partial charge in [0.15, 0.2) is 0 Å². The van der Waals surface area contributed by atoms with Gasteiger partial charge in [-0.3, -0.25) is 0 Å². The zero-order chi connectivity index (χ0) is 17.7. The Labute approximate surface area is 145 Å². The highest BCUT2D eigenvalue weighted by Gasteiger charge is 2.08. The minimum absolute atomic E-state index is 0.301. The van der Waals surface area contributed by atoms with Crippen LogP contribution in [0.3, 0.4) is 0 Å². The molecule has 0 aliphatic heterocycles. The van der Waals surface area contributed by atoms with Crippen LogP contribution in [0.4, 0.5) is 23.1 Å². The van der Waals surface area contributed by atoms with Gasteiger partial charge in [0.25, 0.3) is 0 Å².